The van der Waals surface area contributed by atoms with Gasteiger partial charge in [0.2, 0.25) is 5.43 Å². The van der Waals surface area contributed by atoms with Crippen LogP contribution in [0, 0.1) is 6.92 Å². The van der Waals surface area contributed by atoms with Gasteiger partial charge in [-0.3, -0.25) is 9.59 Å². The summed E-state index contributed by atoms with van der Waals surface area (Å²) in [5.74, 6) is -2.00. The highest BCUT2D eigenvalue weighted by Crippen LogP contribution is 2.44. The first-order valence-electron chi connectivity index (χ1n) is 8.04. The minimum absolute atomic E-state index is 0.0335. The predicted octanol–water partition coefficient (Wildman–Crippen LogP) is 1.29. The van der Waals surface area contributed by atoms with Crippen LogP contribution in [-0.2, 0) is 25.5 Å². The molecule has 2 heterocycles. The van der Waals surface area contributed by atoms with E-state index < -0.39 is 34.6 Å². The van der Waals surface area contributed by atoms with Crippen molar-refractivity contribution < 1.29 is 33.7 Å². The lowest BCUT2D eigenvalue weighted by Crippen LogP contribution is -2.50. The van der Waals surface area contributed by atoms with Crippen molar-refractivity contribution in [3.8, 4) is 5.75 Å². The lowest BCUT2D eigenvalue weighted by molar-refractivity contribution is -0.169. The van der Waals surface area contributed by atoms with Crippen LogP contribution in [0.15, 0.2) is 26.4 Å². The number of rotatable bonds is 4. The molecule has 144 valence electrons. The fourth-order valence-electron chi connectivity index (χ4n) is 3.13. The van der Waals surface area contributed by atoms with Crippen LogP contribution in [0.5, 0.6) is 5.75 Å². The number of aromatic hydroxyl groups is 1. The third-order valence-electron chi connectivity index (χ3n) is 4.53. The molecule has 8 nitrogen and oxygen atoms in total. The Hall–Kier alpha value is -2.52. The fraction of sp³-hybridized carbons (Fsp3) is 0.389. The third-order valence-corrected chi connectivity index (χ3v) is 5.91. The largest absolute Gasteiger partial charge is 0.507 e. The van der Waals surface area contributed by atoms with E-state index in [4.69, 9.17) is 4.42 Å². The van der Waals surface area contributed by atoms with E-state index in [0.717, 1.165) is 26.0 Å². The first-order valence-corrected chi connectivity index (χ1v) is 8.92. The summed E-state index contributed by atoms with van der Waals surface area (Å²) in [6.07, 6.45) is -0.659. The number of phenols is 1. The standard InChI is InChI=1S/C18H18O8S/c1-8-4-10(19)14-11(5-8)26-16-9(15(14)21)6-12(27-16)18(23,17(22)25-3)7-13(20)24-2/h4-5,12,19,23H,6-7H2,1-3H3/t12-,18+/m0/s1. The summed E-state index contributed by atoms with van der Waals surface area (Å²) < 4.78 is 15.0. The predicted molar refractivity (Wildman–Crippen MR) is 95.8 cm³/mol. The lowest BCUT2D eigenvalue weighted by Gasteiger charge is -2.28. The Kier molecular flexibility index (Phi) is 4.92. The van der Waals surface area contributed by atoms with Crippen molar-refractivity contribution in [2.75, 3.05) is 14.2 Å². The van der Waals surface area contributed by atoms with E-state index in [1.54, 1.807) is 13.0 Å². The van der Waals surface area contributed by atoms with Crippen molar-refractivity contribution in [1.82, 2.24) is 0 Å². The first kappa shape index (κ1) is 19.2. The van der Waals surface area contributed by atoms with E-state index in [9.17, 15) is 24.6 Å². The highest BCUT2D eigenvalue weighted by atomic mass is 32.2. The number of hydrogen-bond acceptors (Lipinski definition) is 9. The minimum Gasteiger partial charge on any atom is -0.507 e. The highest BCUT2D eigenvalue weighted by Gasteiger charge is 2.51. The normalized spacial score (nSPS) is 18.0. The Morgan fingerprint density at radius 1 is 1.33 bits per heavy atom. The Labute approximate surface area is 158 Å². The van der Waals surface area contributed by atoms with Crippen LogP contribution in [0.1, 0.15) is 17.5 Å². The van der Waals surface area contributed by atoms with E-state index in [-0.39, 0.29) is 33.8 Å². The number of benzene rings is 1. The van der Waals surface area contributed by atoms with Gasteiger partial charge in [-0.05, 0) is 31.0 Å². The SMILES string of the molecule is COC(=O)C[C@](O)(C(=O)OC)[C@@H]1Cc2c(oc3cc(C)cc(O)c3c2=O)S1. The number of fused-ring (bicyclic) bond motifs is 2. The van der Waals surface area contributed by atoms with Gasteiger partial charge in [0, 0.05) is 0 Å². The molecule has 27 heavy (non-hydrogen) atoms. The second-order valence-corrected chi connectivity index (χ2v) is 7.51. The van der Waals surface area contributed by atoms with Gasteiger partial charge >= 0.3 is 11.9 Å². The summed E-state index contributed by atoms with van der Waals surface area (Å²) >= 11 is 0.973. The molecule has 0 saturated heterocycles. The molecule has 3 rings (SSSR count). The molecule has 1 aliphatic rings. The van der Waals surface area contributed by atoms with Crippen molar-refractivity contribution in [3.63, 3.8) is 0 Å². The summed E-state index contributed by atoms with van der Waals surface area (Å²) in [7, 11) is 2.23. The number of ether oxygens (including phenoxy) is 2. The van der Waals surface area contributed by atoms with E-state index in [1.165, 1.54) is 6.07 Å². The van der Waals surface area contributed by atoms with Crippen molar-refractivity contribution in [3.05, 3.63) is 33.5 Å². The van der Waals surface area contributed by atoms with Crippen LogP contribution in [0.25, 0.3) is 11.0 Å². The molecular weight excluding hydrogens is 376 g/mol. The Morgan fingerprint density at radius 3 is 2.67 bits per heavy atom. The minimum atomic E-state index is -2.20. The molecule has 2 aromatic rings. The Morgan fingerprint density at radius 2 is 2.04 bits per heavy atom. The maximum Gasteiger partial charge on any atom is 0.339 e. The average Bonchev–Trinajstić information content (AvgIpc) is 3.05. The summed E-state index contributed by atoms with van der Waals surface area (Å²) in [6, 6.07) is 3.07. The molecule has 0 spiro atoms. The lowest BCUT2D eigenvalue weighted by atomic mass is 9.91. The van der Waals surface area contributed by atoms with Crippen molar-refractivity contribution in [1.29, 1.82) is 0 Å². The highest BCUT2D eigenvalue weighted by molar-refractivity contribution is 8.00. The van der Waals surface area contributed by atoms with Crippen LogP contribution >= 0.6 is 11.8 Å². The van der Waals surface area contributed by atoms with Crippen LogP contribution in [0.3, 0.4) is 0 Å². The number of carbonyl (C=O) groups is 2. The van der Waals surface area contributed by atoms with Gasteiger partial charge in [0.05, 0.1) is 31.5 Å². The molecule has 0 radical (unpaired) electrons. The van der Waals surface area contributed by atoms with Crippen LogP contribution < -0.4 is 5.43 Å². The van der Waals surface area contributed by atoms with Crippen LogP contribution in [0.4, 0.5) is 0 Å². The van der Waals surface area contributed by atoms with Gasteiger partial charge in [0.1, 0.15) is 16.7 Å². The number of aryl methyl sites for hydroxylation is 1. The monoisotopic (exact) mass is 394 g/mol. The molecule has 0 bridgehead atoms. The van der Waals surface area contributed by atoms with Gasteiger partial charge in [-0.15, -0.1) is 0 Å². The number of phenolic OH excluding ortho intramolecular Hbond substituents is 1. The molecule has 0 amide bonds. The van der Waals surface area contributed by atoms with Crippen molar-refractivity contribution in [2.24, 2.45) is 0 Å². The van der Waals surface area contributed by atoms with Gasteiger partial charge in [0.25, 0.3) is 0 Å². The molecule has 0 unspecified atom stereocenters. The molecular formula is C18H18O8S. The maximum atomic E-state index is 12.8. The first-order chi connectivity index (χ1) is 12.7. The summed E-state index contributed by atoms with van der Waals surface area (Å²) in [5.41, 5.74) is -1.50. The molecule has 2 atom stereocenters. The molecule has 9 heteroatoms. The van der Waals surface area contributed by atoms with Gasteiger partial charge in [-0.25, -0.2) is 4.79 Å². The van der Waals surface area contributed by atoms with E-state index >= 15 is 0 Å². The smallest absolute Gasteiger partial charge is 0.339 e. The summed E-state index contributed by atoms with van der Waals surface area (Å²) in [5, 5.41) is 20.4. The number of esters is 2. The van der Waals surface area contributed by atoms with E-state index in [1.807, 2.05) is 0 Å². The summed E-state index contributed by atoms with van der Waals surface area (Å²) in [4.78, 5) is 36.7. The van der Waals surface area contributed by atoms with E-state index in [0.29, 0.717) is 5.56 Å². The van der Waals surface area contributed by atoms with Gasteiger partial charge in [-0.2, -0.15) is 0 Å². The molecule has 0 aliphatic carbocycles. The fourth-order valence-corrected chi connectivity index (χ4v) is 4.47. The van der Waals surface area contributed by atoms with Crippen LogP contribution in [0.2, 0.25) is 0 Å². The van der Waals surface area contributed by atoms with Gasteiger partial charge in [0.15, 0.2) is 10.7 Å². The molecule has 2 N–H and O–H groups in total. The quantitative estimate of drug-likeness (QED) is 0.738. The van der Waals surface area contributed by atoms with Crippen molar-refractivity contribution in [2.45, 2.75) is 35.7 Å². The number of aliphatic hydroxyl groups is 1. The average molecular weight is 394 g/mol. The number of carbonyl (C=O) groups excluding carboxylic acids is 2. The molecule has 1 aromatic carbocycles. The van der Waals surface area contributed by atoms with E-state index in [2.05, 4.69) is 9.47 Å². The zero-order chi connectivity index (χ0) is 19.9. The maximum absolute atomic E-state index is 12.8. The summed E-state index contributed by atoms with van der Waals surface area (Å²) in [6.45, 7) is 1.74. The van der Waals surface area contributed by atoms with Crippen LogP contribution in [-0.4, -0.2) is 47.2 Å². The third kappa shape index (κ3) is 3.17. The molecule has 1 aromatic heterocycles. The Bertz CT molecular complexity index is 995. The molecule has 0 saturated carbocycles. The second kappa shape index (κ2) is 6.90. The molecule has 0 fully saturated rings. The zero-order valence-electron chi connectivity index (χ0n) is 14.9. The zero-order valence-corrected chi connectivity index (χ0v) is 15.7. The number of thioether (sulfide) groups is 1. The topological polar surface area (TPSA) is 123 Å². The Balaban J connectivity index is 2.08. The second-order valence-electron chi connectivity index (χ2n) is 6.33. The molecule has 1 aliphatic heterocycles. The number of hydrogen-bond donors (Lipinski definition) is 2. The van der Waals surface area contributed by atoms with Gasteiger partial charge < -0.3 is 24.1 Å². The van der Waals surface area contributed by atoms with Gasteiger partial charge in [-0.1, -0.05) is 11.8 Å². The number of methoxy groups -OCH3 is 2. The van der Waals surface area contributed by atoms with Crippen molar-refractivity contribution >= 4 is 34.7 Å².